The lowest BCUT2D eigenvalue weighted by Gasteiger charge is -2.32. The average Bonchev–Trinajstić information content (AvgIpc) is 2.78. The van der Waals surface area contributed by atoms with E-state index in [0.29, 0.717) is 33.0 Å². The molecule has 0 atom stereocenters. The highest BCUT2D eigenvalue weighted by Crippen LogP contribution is 2.37. The van der Waals surface area contributed by atoms with Gasteiger partial charge in [0.05, 0.1) is 12.9 Å². The maximum Gasteiger partial charge on any atom is 0.293 e. The first-order valence-corrected chi connectivity index (χ1v) is 12.3. The van der Waals surface area contributed by atoms with Gasteiger partial charge >= 0.3 is 0 Å². The van der Waals surface area contributed by atoms with Crippen LogP contribution in [-0.4, -0.2) is 46.2 Å². The fraction of sp³-hybridized carbons (Fsp3) is 0.478. The molecule has 0 saturated heterocycles. The summed E-state index contributed by atoms with van der Waals surface area (Å²) in [5, 5.41) is 3.24. The summed E-state index contributed by atoms with van der Waals surface area (Å²) in [4.78, 5) is 6.36. The van der Waals surface area contributed by atoms with Crippen molar-refractivity contribution in [1.29, 1.82) is 0 Å². The Hall–Kier alpha value is -2.17. The van der Waals surface area contributed by atoms with Gasteiger partial charge in [-0.2, -0.15) is 8.42 Å². The van der Waals surface area contributed by atoms with Crippen LogP contribution in [0.2, 0.25) is 0 Å². The lowest BCUT2D eigenvalue weighted by Crippen LogP contribution is -2.34. The predicted molar refractivity (Wildman–Crippen MR) is 120 cm³/mol. The quantitative estimate of drug-likeness (QED) is 0.473. The van der Waals surface area contributed by atoms with Crippen molar-refractivity contribution in [2.24, 2.45) is 0 Å². The van der Waals surface area contributed by atoms with Gasteiger partial charge in [-0.3, -0.25) is 10.2 Å². The van der Waals surface area contributed by atoms with Crippen LogP contribution in [0.3, 0.4) is 0 Å². The van der Waals surface area contributed by atoms with Gasteiger partial charge in [0, 0.05) is 36.2 Å². The van der Waals surface area contributed by atoms with E-state index in [2.05, 4.69) is 63.6 Å². The second-order valence-electron chi connectivity index (χ2n) is 8.66. The molecule has 174 valence electrons. The second kappa shape index (κ2) is 9.36. The molecule has 1 N–H and O–H groups in total. The van der Waals surface area contributed by atoms with Crippen molar-refractivity contribution in [2.75, 3.05) is 32.9 Å². The van der Waals surface area contributed by atoms with Crippen molar-refractivity contribution in [1.82, 2.24) is 10.2 Å². The molecule has 0 aromatic heterocycles. The molecule has 32 heavy (non-hydrogen) atoms. The fourth-order valence-corrected chi connectivity index (χ4v) is 4.91. The fourth-order valence-electron chi connectivity index (χ4n) is 4.15. The van der Waals surface area contributed by atoms with Gasteiger partial charge < -0.3 is 9.47 Å². The molecule has 2 aliphatic heterocycles. The summed E-state index contributed by atoms with van der Waals surface area (Å²) in [6.45, 7) is 7.49. The molecule has 0 unspecified atom stereocenters. The minimum absolute atomic E-state index is 0.103. The molecule has 0 amide bonds. The minimum atomic E-state index is -3.66. The van der Waals surface area contributed by atoms with Gasteiger partial charge in [-0.1, -0.05) is 26.0 Å². The number of hydrogen-bond acceptors (Lipinski definition) is 8. The van der Waals surface area contributed by atoms with Crippen LogP contribution in [0.1, 0.15) is 42.5 Å². The number of fused-ring (bicyclic) bond motifs is 2. The maximum absolute atomic E-state index is 11.6. The molecule has 2 aromatic rings. The third kappa shape index (κ3) is 5.07. The van der Waals surface area contributed by atoms with Crippen molar-refractivity contribution >= 4 is 10.1 Å². The number of nitrogens with zero attached hydrogens (tertiary/aromatic N) is 1. The van der Waals surface area contributed by atoms with Gasteiger partial charge in [-0.05, 0) is 41.8 Å². The molecule has 2 aliphatic rings. The Morgan fingerprint density at radius 1 is 1.06 bits per heavy atom. The standard InChI is InChI=1S/C23H30N2O6S/c1-23(2,19-5-7-21-17(11-19)13-24-15-29-21)20-6-8-22-18(12-20)14-25(16-30-22)9-4-10-32(26,27)31-28-3/h5-8,11-12,24H,4,9-10,13-16H2,1-3H3. The highest BCUT2D eigenvalue weighted by molar-refractivity contribution is 7.86. The van der Waals surface area contributed by atoms with E-state index in [0.717, 1.165) is 23.6 Å². The number of benzene rings is 2. The van der Waals surface area contributed by atoms with Crippen LogP contribution in [-0.2, 0) is 37.8 Å². The van der Waals surface area contributed by atoms with Gasteiger partial charge in [-0.25, -0.2) is 4.89 Å². The third-order valence-electron chi connectivity index (χ3n) is 6.05. The number of rotatable bonds is 8. The summed E-state index contributed by atoms with van der Waals surface area (Å²) >= 11 is 0. The SMILES string of the molecule is COOS(=O)(=O)CCCN1COc2ccc(C(C)(C)c3ccc4c(c3)CNCO4)cc2C1. The summed E-state index contributed by atoms with van der Waals surface area (Å²) < 4.78 is 39.2. The van der Waals surface area contributed by atoms with E-state index in [1.165, 1.54) is 23.8 Å². The van der Waals surface area contributed by atoms with E-state index >= 15 is 0 Å². The van der Waals surface area contributed by atoms with E-state index in [4.69, 9.17) is 9.47 Å². The normalized spacial score (nSPS) is 16.6. The molecule has 0 fully saturated rings. The van der Waals surface area contributed by atoms with E-state index in [9.17, 15) is 8.42 Å². The Balaban J connectivity index is 1.47. The number of ether oxygens (including phenoxy) is 2. The Bertz CT molecular complexity index is 1070. The van der Waals surface area contributed by atoms with Gasteiger partial charge in [-0.15, -0.1) is 4.33 Å². The first kappa shape index (κ1) is 23.0. The Kier molecular flexibility index (Phi) is 6.73. The smallest absolute Gasteiger partial charge is 0.293 e. The molecule has 0 aliphatic carbocycles. The zero-order chi connectivity index (χ0) is 22.8. The summed E-state index contributed by atoms with van der Waals surface area (Å²) in [6, 6.07) is 12.8. The van der Waals surface area contributed by atoms with Crippen molar-refractivity contribution in [3.8, 4) is 11.5 Å². The molecule has 2 heterocycles. The number of nitrogens with one attached hydrogen (secondary N) is 1. The molecule has 0 spiro atoms. The van der Waals surface area contributed by atoms with Crippen molar-refractivity contribution in [3.63, 3.8) is 0 Å². The largest absolute Gasteiger partial charge is 0.478 e. The molecule has 4 rings (SSSR count). The maximum atomic E-state index is 11.6. The zero-order valence-electron chi connectivity index (χ0n) is 18.7. The third-order valence-corrected chi connectivity index (χ3v) is 7.18. The lowest BCUT2D eigenvalue weighted by molar-refractivity contribution is -0.172. The van der Waals surface area contributed by atoms with Crippen molar-refractivity contribution in [2.45, 2.75) is 38.8 Å². The molecule has 0 radical (unpaired) electrons. The summed E-state index contributed by atoms with van der Waals surface area (Å²) in [6.07, 6.45) is 0.431. The summed E-state index contributed by atoms with van der Waals surface area (Å²) in [5.74, 6) is 1.71. The van der Waals surface area contributed by atoms with Gasteiger partial charge in [0.25, 0.3) is 10.1 Å². The van der Waals surface area contributed by atoms with E-state index in [1.54, 1.807) is 0 Å². The topological polar surface area (TPSA) is 86.3 Å². The van der Waals surface area contributed by atoms with E-state index in [-0.39, 0.29) is 11.2 Å². The van der Waals surface area contributed by atoms with Crippen LogP contribution >= 0.6 is 0 Å². The molecule has 9 heteroatoms. The Labute approximate surface area is 189 Å². The van der Waals surface area contributed by atoms with Crippen LogP contribution in [0, 0.1) is 0 Å². The highest BCUT2D eigenvalue weighted by Gasteiger charge is 2.27. The molecule has 2 aromatic carbocycles. The van der Waals surface area contributed by atoms with Crippen LogP contribution in [0.25, 0.3) is 0 Å². The molecule has 0 saturated carbocycles. The number of hydrogen-bond donors (Lipinski definition) is 1. The van der Waals surface area contributed by atoms with Crippen LogP contribution in [0.4, 0.5) is 0 Å². The lowest BCUT2D eigenvalue weighted by atomic mass is 9.77. The molecular weight excluding hydrogens is 432 g/mol. The van der Waals surface area contributed by atoms with Crippen molar-refractivity contribution in [3.05, 3.63) is 58.7 Å². The van der Waals surface area contributed by atoms with Crippen molar-refractivity contribution < 1.29 is 27.1 Å². The van der Waals surface area contributed by atoms with Crippen LogP contribution < -0.4 is 14.8 Å². The van der Waals surface area contributed by atoms with Gasteiger partial charge in [0.2, 0.25) is 0 Å². The van der Waals surface area contributed by atoms with E-state index < -0.39 is 10.1 Å². The summed E-state index contributed by atoms with van der Waals surface area (Å²) in [7, 11) is -2.48. The molecule has 0 bridgehead atoms. The average molecular weight is 463 g/mol. The molecular formula is C23H30N2O6S. The second-order valence-corrected chi connectivity index (χ2v) is 10.3. The van der Waals surface area contributed by atoms with Crippen LogP contribution in [0.5, 0.6) is 11.5 Å². The molecule has 8 nitrogen and oxygen atoms in total. The highest BCUT2D eigenvalue weighted by atomic mass is 32.2. The van der Waals surface area contributed by atoms with E-state index in [1.807, 2.05) is 6.07 Å². The first-order chi connectivity index (χ1) is 15.3. The summed E-state index contributed by atoms with van der Waals surface area (Å²) in [5.41, 5.74) is 4.49. The predicted octanol–water partition coefficient (Wildman–Crippen LogP) is 2.90. The van der Waals surface area contributed by atoms with Crippen LogP contribution in [0.15, 0.2) is 36.4 Å². The minimum Gasteiger partial charge on any atom is -0.478 e. The van der Waals surface area contributed by atoms with Gasteiger partial charge in [0.15, 0.2) is 0 Å². The first-order valence-electron chi connectivity index (χ1n) is 10.7. The Morgan fingerprint density at radius 2 is 1.75 bits per heavy atom. The monoisotopic (exact) mass is 462 g/mol. The zero-order valence-corrected chi connectivity index (χ0v) is 19.5. The van der Waals surface area contributed by atoms with Gasteiger partial charge in [0.1, 0.15) is 25.0 Å². The Morgan fingerprint density at radius 3 is 2.47 bits per heavy atom.